The Bertz CT molecular complexity index is 1700. The molecule has 3 aromatic rings. The van der Waals surface area contributed by atoms with Crippen molar-refractivity contribution in [3.05, 3.63) is 74.5 Å². The van der Waals surface area contributed by atoms with E-state index in [2.05, 4.69) is 20.7 Å². The van der Waals surface area contributed by atoms with Crippen LogP contribution in [0.1, 0.15) is 75.7 Å². The molecule has 0 unspecified atom stereocenters. The summed E-state index contributed by atoms with van der Waals surface area (Å²) in [5.41, 5.74) is 0.121. The normalized spacial score (nSPS) is 22.4. The van der Waals surface area contributed by atoms with Gasteiger partial charge in [-0.25, -0.2) is 9.37 Å². The van der Waals surface area contributed by atoms with Crippen molar-refractivity contribution >= 4 is 17.7 Å². The van der Waals surface area contributed by atoms with Crippen molar-refractivity contribution in [2.75, 3.05) is 13.1 Å². The van der Waals surface area contributed by atoms with Gasteiger partial charge in [0.05, 0.1) is 11.5 Å². The molecule has 2 fully saturated rings. The number of carbonyl (C=O) groups excluding carboxylic acids is 3. The molecule has 0 spiro atoms. The van der Waals surface area contributed by atoms with Crippen molar-refractivity contribution < 1.29 is 23.9 Å². The number of amides is 3. The molecule has 3 aliphatic heterocycles. The molecule has 2 bridgehead atoms. The number of hydrogen-bond acceptors (Lipinski definition) is 7. The van der Waals surface area contributed by atoms with Gasteiger partial charge in [0, 0.05) is 38.9 Å². The highest BCUT2D eigenvalue weighted by Crippen LogP contribution is 2.43. The molecule has 13 heteroatoms. The van der Waals surface area contributed by atoms with E-state index in [0.717, 1.165) is 18.5 Å². The fourth-order valence-corrected chi connectivity index (χ4v) is 6.66. The highest BCUT2D eigenvalue weighted by molar-refractivity contribution is 5.95. The van der Waals surface area contributed by atoms with Crippen LogP contribution in [0, 0.1) is 31.5 Å². The Hall–Kier alpha value is -4.55. The van der Waals surface area contributed by atoms with Gasteiger partial charge in [0.1, 0.15) is 11.6 Å². The van der Waals surface area contributed by atoms with Gasteiger partial charge in [0.2, 0.25) is 11.7 Å². The van der Waals surface area contributed by atoms with E-state index in [-0.39, 0.29) is 42.5 Å². The van der Waals surface area contributed by atoms with Crippen molar-refractivity contribution in [1.82, 2.24) is 34.9 Å². The Morgan fingerprint density at radius 2 is 1.86 bits per heavy atom. The lowest BCUT2D eigenvalue weighted by atomic mass is 9.77. The molecular weight excluding hydrogens is 569 g/mol. The fraction of sp³-hybridized carbons (Fsp3) is 0.484. The molecule has 7 rings (SSSR count). The van der Waals surface area contributed by atoms with E-state index < -0.39 is 34.4 Å². The van der Waals surface area contributed by atoms with E-state index in [0.29, 0.717) is 49.2 Å². The molecule has 232 valence electrons. The van der Waals surface area contributed by atoms with Gasteiger partial charge in [-0.3, -0.25) is 28.4 Å². The molecule has 3 amide bonds. The maximum Gasteiger partial charge on any atom is 0.296 e. The molecule has 1 saturated heterocycles. The van der Waals surface area contributed by atoms with Gasteiger partial charge in [0.25, 0.3) is 17.4 Å². The van der Waals surface area contributed by atoms with Gasteiger partial charge < -0.3 is 20.6 Å². The van der Waals surface area contributed by atoms with Gasteiger partial charge in [0.15, 0.2) is 11.4 Å². The highest BCUT2D eigenvalue weighted by atomic mass is 19.1. The Morgan fingerprint density at radius 3 is 2.55 bits per heavy atom. The first-order chi connectivity index (χ1) is 21.0. The van der Waals surface area contributed by atoms with Gasteiger partial charge in [-0.1, -0.05) is 12.1 Å². The summed E-state index contributed by atoms with van der Waals surface area (Å²) >= 11 is 0. The molecular formula is C31H36FN7O5. The van der Waals surface area contributed by atoms with Crippen LogP contribution in [-0.4, -0.2) is 60.1 Å². The second-order valence-electron chi connectivity index (χ2n) is 12.4. The standard InChI is InChI=1S/C31H36FN7O5/c1-17-12-20(4-5-22(17)32)14-33-27(42)24-25(40)29(44)39-15-19-6-9-31(10-7-19,30(39)34-24)35-26(41)21-8-11-38(16-21)28(43)23-13-18(2)37(3)36-23/h4-5,12-13,19,21,40H,6-11,14-16H2,1-3H3,(H,33,42)(H,35,41)/t19?,21-,31?/m0/s1. The number of aryl methyl sites for hydroxylation is 3. The zero-order valence-corrected chi connectivity index (χ0v) is 25.0. The largest absolute Gasteiger partial charge is 0.501 e. The second kappa shape index (κ2) is 11.2. The summed E-state index contributed by atoms with van der Waals surface area (Å²) in [6.45, 7) is 4.51. The Kier molecular flexibility index (Phi) is 7.50. The monoisotopic (exact) mass is 605 g/mol. The van der Waals surface area contributed by atoms with Crippen LogP contribution in [0.25, 0.3) is 0 Å². The first-order valence-corrected chi connectivity index (χ1v) is 14.9. The quantitative estimate of drug-likeness (QED) is 0.389. The summed E-state index contributed by atoms with van der Waals surface area (Å²) in [4.78, 5) is 59.6. The molecule has 0 radical (unpaired) electrons. The lowest BCUT2D eigenvalue weighted by molar-refractivity contribution is -0.127. The minimum atomic E-state index is -1.00. The van der Waals surface area contributed by atoms with Gasteiger partial charge in [-0.2, -0.15) is 5.10 Å². The highest BCUT2D eigenvalue weighted by Gasteiger charge is 2.47. The van der Waals surface area contributed by atoms with Crippen LogP contribution in [-0.2, 0) is 30.5 Å². The molecule has 1 atom stereocenters. The summed E-state index contributed by atoms with van der Waals surface area (Å²) in [7, 11) is 1.77. The van der Waals surface area contributed by atoms with Crippen molar-refractivity contribution in [3.63, 3.8) is 0 Å². The average Bonchev–Trinajstić information content (AvgIpc) is 3.56. The lowest BCUT2D eigenvalue weighted by Crippen LogP contribution is -2.52. The van der Waals surface area contributed by atoms with Crippen LogP contribution in [0.5, 0.6) is 5.75 Å². The third-order valence-corrected chi connectivity index (χ3v) is 9.41. The zero-order chi connectivity index (χ0) is 31.3. The van der Waals surface area contributed by atoms with Gasteiger partial charge in [-0.15, -0.1) is 0 Å². The van der Waals surface area contributed by atoms with E-state index >= 15 is 0 Å². The molecule has 5 heterocycles. The van der Waals surface area contributed by atoms with Crippen molar-refractivity contribution in [2.45, 2.75) is 64.6 Å². The predicted molar refractivity (Wildman–Crippen MR) is 156 cm³/mol. The van der Waals surface area contributed by atoms with Gasteiger partial charge >= 0.3 is 0 Å². The van der Waals surface area contributed by atoms with E-state index in [1.54, 1.807) is 41.8 Å². The first-order valence-electron chi connectivity index (χ1n) is 14.9. The lowest BCUT2D eigenvalue weighted by Gasteiger charge is -2.37. The number of hydrogen-bond donors (Lipinski definition) is 3. The van der Waals surface area contributed by atoms with Crippen molar-refractivity contribution in [1.29, 1.82) is 0 Å². The zero-order valence-electron chi connectivity index (χ0n) is 25.0. The van der Waals surface area contributed by atoms with E-state index in [9.17, 15) is 28.7 Å². The number of fused-ring (bicyclic) bond motifs is 2. The van der Waals surface area contributed by atoms with Crippen LogP contribution in [0.2, 0.25) is 0 Å². The summed E-state index contributed by atoms with van der Waals surface area (Å²) in [5.74, 6) is -2.37. The maximum absolute atomic E-state index is 13.7. The van der Waals surface area contributed by atoms with Crippen molar-refractivity contribution in [2.24, 2.45) is 18.9 Å². The summed E-state index contributed by atoms with van der Waals surface area (Å²) in [6, 6.07) is 6.18. The van der Waals surface area contributed by atoms with Gasteiger partial charge in [-0.05, 0) is 75.1 Å². The van der Waals surface area contributed by atoms with Crippen LogP contribution in [0.4, 0.5) is 4.39 Å². The number of benzene rings is 1. The Morgan fingerprint density at radius 1 is 1.11 bits per heavy atom. The molecule has 12 nitrogen and oxygen atoms in total. The summed E-state index contributed by atoms with van der Waals surface area (Å²) < 4.78 is 16.7. The maximum atomic E-state index is 13.7. The SMILES string of the molecule is Cc1cc(CNC(=O)c2nc3n(c(=O)c2O)CC2CCC3(NC(=O)[C@H]3CCN(C(=O)c4cc(C)n(C)n4)C3)CC2)ccc1F. The minimum absolute atomic E-state index is 0.0401. The molecule has 4 aliphatic rings. The predicted octanol–water partition coefficient (Wildman–Crippen LogP) is 2.05. The summed E-state index contributed by atoms with van der Waals surface area (Å²) in [5, 5.41) is 20.9. The number of likely N-dealkylation sites (tertiary alicyclic amines) is 1. The first kappa shape index (κ1) is 29.5. The van der Waals surface area contributed by atoms with Crippen LogP contribution < -0.4 is 16.2 Å². The third kappa shape index (κ3) is 5.24. The average molecular weight is 606 g/mol. The Labute approximate surface area is 253 Å². The molecule has 2 aromatic heterocycles. The fourth-order valence-electron chi connectivity index (χ4n) is 6.66. The van der Waals surface area contributed by atoms with Crippen molar-refractivity contribution in [3.8, 4) is 5.75 Å². The smallest absolute Gasteiger partial charge is 0.296 e. The van der Waals surface area contributed by atoms with E-state index in [1.807, 2.05) is 6.92 Å². The van der Waals surface area contributed by atoms with E-state index in [4.69, 9.17) is 0 Å². The van der Waals surface area contributed by atoms with Crippen LogP contribution in [0.15, 0.2) is 29.1 Å². The topological polar surface area (TPSA) is 151 Å². The number of nitrogens with zero attached hydrogens (tertiary/aromatic N) is 5. The molecule has 1 aliphatic carbocycles. The number of aromatic hydroxyl groups is 1. The van der Waals surface area contributed by atoms with Crippen LogP contribution >= 0.6 is 0 Å². The Balaban J connectivity index is 1.24. The molecule has 44 heavy (non-hydrogen) atoms. The van der Waals surface area contributed by atoms with E-state index in [1.165, 1.54) is 10.6 Å². The van der Waals surface area contributed by atoms with Crippen LogP contribution in [0.3, 0.4) is 0 Å². The number of nitrogens with one attached hydrogen (secondary N) is 2. The molecule has 3 N–H and O–H groups in total. The number of aromatic nitrogens is 4. The number of halogens is 1. The number of rotatable bonds is 6. The summed E-state index contributed by atoms with van der Waals surface area (Å²) in [6.07, 6.45) is 3.01. The molecule has 1 aromatic carbocycles. The number of carbonyl (C=O) groups is 3. The second-order valence-corrected chi connectivity index (χ2v) is 12.4. The molecule has 1 saturated carbocycles. The minimum Gasteiger partial charge on any atom is -0.501 e. The third-order valence-electron chi connectivity index (χ3n) is 9.41.